The largest absolute Gasteiger partial charge is 0.381 e. The van der Waals surface area contributed by atoms with Crippen LogP contribution < -0.4 is 11.1 Å². The molecule has 3 N–H and O–H groups in total. The van der Waals surface area contributed by atoms with Crippen LogP contribution in [0.5, 0.6) is 0 Å². The van der Waals surface area contributed by atoms with Gasteiger partial charge >= 0.3 is 6.03 Å². The van der Waals surface area contributed by atoms with Crippen LogP contribution in [-0.2, 0) is 4.74 Å². The first-order chi connectivity index (χ1) is 9.72. The molecule has 2 saturated heterocycles. The van der Waals surface area contributed by atoms with E-state index in [-0.39, 0.29) is 6.03 Å². The normalized spacial score (nSPS) is 26.4. The Morgan fingerprint density at radius 2 is 2.10 bits per heavy atom. The molecule has 2 fully saturated rings. The molecule has 5 heteroatoms. The molecule has 0 saturated carbocycles. The Kier molecular flexibility index (Phi) is 6.10. The van der Waals surface area contributed by atoms with Crippen molar-refractivity contribution in [3.05, 3.63) is 0 Å². The predicted octanol–water partition coefficient (Wildman–Crippen LogP) is 1.57. The summed E-state index contributed by atoms with van der Waals surface area (Å²) in [6, 6.07) is 0.0688. The third kappa shape index (κ3) is 4.09. The lowest BCUT2D eigenvalue weighted by atomic mass is 9.81. The zero-order valence-electron chi connectivity index (χ0n) is 12.6. The van der Waals surface area contributed by atoms with Crippen LogP contribution in [0.1, 0.15) is 38.5 Å². The molecule has 2 aliphatic rings. The highest BCUT2D eigenvalue weighted by Crippen LogP contribution is 2.30. The van der Waals surface area contributed by atoms with E-state index >= 15 is 0 Å². The van der Waals surface area contributed by atoms with Crippen molar-refractivity contribution in [2.45, 2.75) is 44.6 Å². The van der Waals surface area contributed by atoms with E-state index in [0.29, 0.717) is 12.0 Å². The second kappa shape index (κ2) is 7.84. The monoisotopic (exact) mass is 283 g/mol. The lowest BCUT2D eigenvalue weighted by Gasteiger charge is -2.41. The third-order valence-electron chi connectivity index (χ3n) is 4.82. The molecular weight excluding hydrogens is 254 g/mol. The maximum absolute atomic E-state index is 11.7. The molecule has 0 aromatic heterocycles. The Balaban J connectivity index is 1.99. The smallest absolute Gasteiger partial charge is 0.315 e. The Morgan fingerprint density at radius 3 is 2.75 bits per heavy atom. The number of nitrogens with two attached hydrogens (primary N) is 1. The number of carbonyl (C=O) groups is 1. The van der Waals surface area contributed by atoms with Crippen molar-refractivity contribution >= 4 is 6.03 Å². The molecular formula is C15H29N3O2. The van der Waals surface area contributed by atoms with Crippen molar-refractivity contribution in [2.24, 2.45) is 17.6 Å². The predicted molar refractivity (Wildman–Crippen MR) is 79.5 cm³/mol. The second-order valence-corrected chi connectivity index (χ2v) is 6.20. The van der Waals surface area contributed by atoms with Gasteiger partial charge in [0.25, 0.3) is 0 Å². The van der Waals surface area contributed by atoms with Crippen LogP contribution in [0, 0.1) is 11.8 Å². The van der Waals surface area contributed by atoms with Crippen LogP contribution in [0.25, 0.3) is 0 Å². The quantitative estimate of drug-likeness (QED) is 0.805. The van der Waals surface area contributed by atoms with E-state index in [9.17, 15) is 4.79 Å². The van der Waals surface area contributed by atoms with E-state index in [0.717, 1.165) is 57.9 Å². The molecule has 2 atom stereocenters. The number of hydrogen-bond acceptors (Lipinski definition) is 3. The number of urea groups is 1. The highest BCUT2D eigenvalue weighted by atomic mass is 16.5. The van der Waals surface area contributed by atoms with Crippen LogP contribution in [0.3, 0.4) is 0 Å². The number of carbonyl (C=O) groups excluding carboxylic acids is 1. The lowest BCUT2D eigenvalue weighted by molar-refractivity contribution is 0.0473. The molecule has 5 nitrogen and oxygen atoms in total. The fourth-order valence-corrected chi connectivity index (χ4v) is 3.77. The lowest BCUT2D eigenvalue weighted by Crippen LogP contribution is -2.52. The summed E-state index contributed by atoms with van der Waals surface area (Å²) in [5.74, 6) is 1.25. The van der Waals surface area contributed by atoms with E-state index in [1.54, 1.807) is 0 Å². The molecule has 2 rings (SSSR count). The molecule has 0 radical (unpaired) electrons. The van der Waals surface area contributed by atoms with E-state index in [1.807, 2.05) is 11.9 Å². The number of nitrogens with zero attached hydrogens (tertiary/aromatic N) is 1. The maximum Gasteiger partial charge on any atom is 0.315 e. The Labute approximate surface area is 122 Å². The number of rotatable bonds is 5. The molecule has 0 spiro atoms. The maximum atomic E-state index is 11.7. The molecule has 2 amide bonds. The molecule has 0 aromatic rings. The van der Waals surface area contributed by atoms with E-state index in [2.05, 4.69) is 5.32 Å². The highest BCUT2D eigenvalue weighted by Gasteiger charge is 2.33. The number of primary amides is 1. The van der Waals surface area contributed by atoms with Crippen molar-refractivity contribution in [2.75, 3.05) is 33.4 Å². The van der Waals surface area contributed by atoms with Crippen LogP contribution in [-0.4, -0.2) is 50.3 Å². The third-order valence-corrected chi connectivity index (χ3v) is 4.82. The van der Waals surface area contributed by atoms with Gasteiger partial charge in [0, 0.05) is 25.8 Å². The van der Waals surface area contributed by atoms with Gasteiger partial charge < -0.3 is 20.7 Å². The first-order valence-electron chi connectivity index (χ1n) is 8.00. The minimum Gasteiger partial charge on any atom is -0.381 e. The zero-order valence-corrected chi connectivity index (χ0v) is 12.6. The van der Waals surface area contributed by atoms with Crippen molar-refractivity contribution < 1.29 is 9.53 Å². The second-order valence-electron chi connectivity index (χ2n) is 6.20. The summed E-state index contributed by atoms with van der Waals surface area (Å²) in [7, 11) is 1.99. The summed E-state index contributed by atoms with van der Waals surface area (Å²) in [5, 5.41) is 3.30. The van der Waals surface area contributed by atoms with Crippen LogP contribution in [0.4, 0.5) is 4.79 Å². The van der Waals surface area contributed by atoms with Gasteiger partial charge in [-0.2, -0.15) is 0 Å². The summed E-state index contributed by atoms with van der Waals surface area (Å²) in [5.41, 5.74) is 5.57. The van der Waals surface area contributed by atoms with Gasteiger partial charge in [0.2, 0.25) is 0 Å². The van der Waals surface area contributed by atoms with E-state index < -0.39 is 0 Å². The summed E-state index contributed by atoms with van der Waals surface area (Å²) in [6.45, 7) is 3.57. The molecule has 116 valence electrons. The number of piperidine rings is 1. The minimum absolute atomic E-state index is 0.247. The fraction of sp³-hybridized carbons (Fsp3) is 0.933. The Morgan fingerprint density at radius 1 is 1.35 bits per heavy atom. The zero-order chi connectivity index (χ0) is 14.4. The van der Waals surface area contributed by atoms with Crippen LogP contribution >= 0.6 is 0 Å². The van der Waals surface area contributed by atoms with Crippen molar-refractivity contribution in [3.63, 3.8) is 0 Å². The number of hydrogen-bond donors (Lipinski definition) is 2. The van der Waals surface area contributed by atoms with Gasteiger partial charge in [0.1, 0.15) is 0 Å². The first-order valence-corrected chi connectivity index (χ1v) is 8.00. The SMILES string of the molecule is CNC[C@H](CC1CCOCC1)C1CCCCN1C(N)=O. The topological polar surface area (TPSA) is 67.6 Å². The molecule has 0 bridgehead atoms. The first kappa shape index (κ1) is 15.6. The van der Waals surface area contributed by atoms with Crippen molar-refractivity contribution in [1.82, 2.24) is 10.2 Å². The summed E-state index contributed by atoms with van der Waals surface area (Å²) in [6.07, 6.45) is 6.88. The number of ether oxygens (including phenoxy) is 1. The molecule has 2 aliphatic heterocycles. The van der Waals surface area contributed by atoms with Gasteiger partial charge in [0.15, 0.2) is 0 Å². The molecule has 0 aliphatic carbocycles. The fourth-order valence-electron chi connectivity index (χ4n) is 3.77. The van der Waals surface area contributed by atoms with Gasteiger partial charge in [-0.25, -0.2) is 4.79 Å². The van der Waals surface area contributed by atoms with E-state index in [1.165, 1.54) is 12.8 Å². The highest BCUT2D eigenvalue weighted by molar-refractivity contribution is 5.72. The van der Waals surface area contributed by atoms with Gasteiger partial charge in [-0.05, 0) is 64.0 Å². The van der Waals surface area contributed by atoms with Crippen molar-refractivity contribution in [3.8, 4) is 0 Å². The van der Waals surface area contributed by atoms with Crippen molar-refractivity contribution in [1.29, 1.82) is 0 Å². The summed E-state index contributed by atoms with van der Waals surface area (Å²) in [4.78, 5) is 13.6. The van der Waals surface area contributed by atoms with Crippen LogP contribution in [0.2, 0.25) is 0 Å². The van der Waals surface area contributed by atoms with Crippen LogP contribution in [0.15, 0.2) is 0 Å². The number of nitrogens with one attached hydrogen (secondary N) is 1. The minimum atomic E-state index is -0.247. The number of likely N-dealkylation sites (tertiary alicyclic amines) is 1. The summed E-state index contributed by atoms with van der Waals surface area (Å²) >= 11 is 0. The summed E-state index contributed by atoms with van der Waals surface area (Å²) < 4.78 is 5.45. The van der Waals surface area contributed by atoms with Gasteiger partial charge in [-0.1, -0.05) is 0 Å². The molecule has 1 unspecified atom stereocenters. The Bertz CT molecular complexity index is 305. The van der Waals surface area contributed by atoms with Gasteiger partial charge in [-0.3, -0.25) is 0 Å². The van der Waals surface area contributed by atoms with Gasteiger partial charge in [0.05, 0.1) is 0 Å². The Hall–Kier alpha value is -0.810. The average Bonchev–Trinajstić information content (AvgIpc) is 2.48. The van der Waals surface area contributed by atoms with E-state index in [4.69, 9.17) is 10.5 Å². The standard InChI is InChI=1S/C15H29N3O2/c1-17-11-13(10-12-5-8-20-9-6-12)14-4-2-3-7-18(14)15(16)19/h12-14,17H,2-11H2,1H3,(H2,16,19)/t13-,14?/m0/s1. The average molecular weight is 283 g/mol. The molecule has 2 heterocycles. The molecule has 0 aromatic carbocycles. The van der Waals surface area contributed by atoms with Gasteiger partial charge in [-0.15, -0.1) is 0 Å². The number of amides is 2. The molecule has 20 heavy (non-hydrogen) atoms.